The molecule has 1 aliphatic rings. The monoisotopic (exact) mass is 369 g/mol. The van der Waals surface area contributed by atoms with E-state index in [9.17, 15) is 9.59 Å². The molecule has 0 spiro atoms. The summed E-state index contributed by atoms with van der Waals surface area (Å²) in [6.07, 6.45) is 0. The summed E-state index contributed by atoms with van der Waals surface area (Å²) in [5.74, 6) is -0.398. The Morgan fingerprint density at radius 3 is 2.21 bits per heavy atom. The van der Waals surface area contributed by atoms with Crippen LogP contribution < -0.4 is 16.0 Å². The molecule has 1 aliphatic heterocycles. The Hall–Kier alpha value is -3.86. The van der Waals surface area contributed by atoms with Gasteiger partial charge in [0.2, 0.25) is 0 Å². The van der Waals surface area contributed by atoms with Crippen molar-refractivity contribution in [1.29, 1.82) is 0 Å². The Morgan fingerprint density at radius 1 is 0.857 bits per heavy atom. The SMILES string of the molecule is CNC(=O)c1ccc2c(c1)/C(=C(/Nc1ccccc1)c1ccccc1)C(=O)N2. The predicted octanol–water partition coefficient (Wildman–Crippen LogP) is 3.98. The summed E-state index contributed by atoms with van der Waals surface area (Å²) in [7, 11) is 1.59. The van der Waals surface area contributed by atoms with Gasteiger partial charge in [-0.1, -0.05) is 48.5 Å². The van der Waals surface area contributed by atoms with Crippen LogP contribution in [0.4, 0.5) is 11.4 Å². The van der Waals surface area contributed by atoms with Crippen molar-refractivity contribution in [2.75, 3.05) is 17.7 Å². The molecule has 0 unspecified atom stereocenters. The molecule has 1 heterocycles. The Morgan fingerprint density at radius 2 is 1.54 bits per heavy atom. The highest BCUT2D eigenvalue weighted by Crippen LogP contribution is 2.38. The van der Waals surface area contributed by atoms with Gasteiger partial charge in [-0.25, -0.2) is 0 Å². The largest absolute Gasteiger partial charge is 0.355 e. The second-order valence-corrected chi connectivity index (χ2v) is 6.40. The van der Waals surface area contributed by atoms with E-state index in [-0.39, 0.29) is 11.8 Å². The molecular weight excluding hydrogens is 350 g/mol. The average molecular weight is 369 g/mol. The summed E-state index contributed by atoms with van der Waals surface area (Å²) in [6.45, 7) is 0. The molecule has 5 heteroatoms. The highest BCUT2D eigenvalue weighted by atomic mass is 16.2. The fourth-order valence-electron chi connectivity index (χ4n) is 3.25. The number of anilines is 2. The lowest BCUT2D eigenvalue weighted by molar-refractivity contribution is -0.110. The third-order valence-electron chi connectivity index (χ3n) is 4.61. The molecule has 5 nitrogen and oxygen atoms in total. The van der Waals surface area contributed by atoms with E-state index in [4.69, 9.17) is 0 Å². The first-order chi connectivity index (χ1) is 13.7. The van der Waals surface area contributed by atoms with Gasteiger partial charge in [-0.2, -0.15) is 0 Å². The van der Waals surface area contributed by atoms with Gasteiger partial charge in [0, 0.05) is 29.5 Å². The Kier molecular flexibility index (Phi) is 4.64. The van der Waals surface area contributed by atoms with Crippen molar-refractivity contribution in [2.24, 2.45) is 0 Å². The molecule has 3 aromatic carbocycles. The fraction of sp³-hybridized carbons (Fsp3) is 0.0435. The van der Waals surface area contributed by atoms with Crippen LogP contribution in [0.2, 0.25) is 0 Å². The van der Waals surface area contributed by atoms with Gasteiger partial charge in [0.25, 0.3) is 11.8 Å². The number of nitrogens with one attached hydrogen (secondary N) is 3. The molecule has 0 radical (unpaired) electrons. The molecule has 0 fully saturated rings. The minimum atomic E-state index is -0.202. The number of amides is 2. The van der Waals surface area contributed by atoms with Crippen LogP contribution in [-0.2, 0) is 4.79 Å². The van der Waals surface area contributed by atoms with Crippen LogP contribution in [0.25, 0.3) is 11.3 Å². The van der Waals surface area contributed by atoms with E-state index in [2.05, 4.69) is 16.0 Å². The molecule has 0 aromatic heterocycles. The van der Waals surface area contributed by atoms with Gasteiger partial charge in [0.1, 0.15) is 0 Å². The summed E-state index contributed by atoms with van der Waals surface area (Å²) in [4.78, 5) is 25.0. The molecule has 4 rings (SSSR count). The average Bonchev–Trinajstić information content (AvgIpc) is 3.07. The first kappa shape index (κ1) is 17.5. The van der Waals surface area contributed by atoms with E-state index in [1.807, 2.05) is 60.7 Å². The zero-order chi connectivity index (χ0) is 19.5. The van der Waals surface area contributed by atoms with Crippen molar-refractivity contribution in [3.8, 4) is 0 Å². The number of hydrogen-bond donors (Lipinski definition) is 3. The van der Waals surface area contributed by atoms with Gasteiger partial charge in [-0.15, -0.1) is 0 Å². The molecule has 0 aliphatic carbocycles. The molecule has 138 valence electrons. The van der Waals surface area contributed by atoms with Crippen molar-refractivity contribution in [3.05, 3.63) is 95.6 Å². The molecule has 28 heavy (non-hydrogen) atoms. The Bertz CT molecular complexity index is 1070. The van der Waals surface area contributed by atoms with Crippen molar-refractivity contribution in [2.45, 2.75) is 0 Å². The topological polar surface area (TPSA) is 70.2 Å². The molecule has 0 saturated heterocycles. The number of rotatable bonds is 4. The zero-order valence-corrected chi connectivity index (χ0v) is 15.3. The first-order valence-corrected chi connectivity index (χ1v) is 8.97. The summed E-state index contributed by atoms with van der Waals surface area (Å²) >= 11 is 0. The van der Waals surface area contributed by atoms with Gasteiger partial charge in [-0.05, 0) is 35.9 Å². The second kappa shape index (κ2) is 7.40. The fourth-order valence-corrected chi connectivity index (χ4v) is 3.25. The van der Waals surface area contributed by atoms with Gasteiger partial charge >= 0.3 is 0 Å². The minimum absolute atomic E-state index is 0.196. The van der Waals surface area contributed by atoms with Gasteiger partial charge < -0.3 is 16.0 Å². The van der Waals surface area contributed by atoms with Crippen LogP contribution in [0, 0.1) is 0 Å². The van der Waals surface area contributed by atoms with Gasteiger partial charge in [-0.3, -0.25) is 9.59 Å². The van der Waals surface area contributed by atoms with E-state index < -0.39 is 0 Å². The zero-order valence-electron chi connectivity index (χ0n) is 15.3. The molecule has 3 aromatic rings. The smallest absolute Gasteiger partial charge is 0.258 e. The maximum absolute atomic E-state index is 12.9. The van der Waals surface area contributed by atoms with Crippen LogP contribution in [0.1, 0.15) is 21.5 Å². The van der Waals surface area contributed by atoms with E-state index in [1.165, 1.54) is 0 Å². The minimum Gasteiger partial charge on any atom is -0.355 e. The third kappa shape index (κ3) is 3.25. The lowest BCUT2D eigenvalue weighted by atomic mass is 9.98. The lowest BCUT2D eigenvalue weighted by Crippen LogP contribution is -2.17. The second-order valence-electron chi connectivity index (χ2n) is 6.40. The highest BCUT2D eigenvalue weighted by Gasteiger charge is 2.29. The van der Waals surface area contributed by atoms with E-state index >= 15 is 0 Å². The molecule has 0 bridgehead atoms. The van der Waals surface area contributed by atoms with Crippen LogP contribution in [0.15, 0.2) is 78.9 Å². The third-order valence-corrected chi connectivity index (χ3v) is 4.61. The summed E-state index contributed by atoms with van der Waals surface area (Å²) in [5.41, 5.74) is 4.85. The number of hydrogen-bond acceptors (Lipinski definition) is 3. The van der Waals surface area contributed by atoms with E-state index in [1.54, 1.807) is 25.2 Å². The van der Waals surface area contributed by atoms with Gasteiger partial charge in [0.05, 0.1) is 11.3 Å². The number of carbonyl (C=O) groups excluding carboxylic acids is 2. The number of para-hydroxylation sites is 1. The van der Waals surface area contributed by atoms with Crippen LogP contribution in [-0.4, -0.2) is 18.9 Å². The molecular formula is C23H19N3O2. The maximum atomic E-state index is 12.9. The van der Waals surface area contributed by atoms with Crippen molar-refractivity contribution in [1.82, 2.24) is 5.32 Å². The molecule has 0 saturated carbocycles. The standard InChI is InChI=1S/C23H19N3O2/c1-24-22(27)16-12-13-19-18(14-16)20(23(28)26-19)21(15-8-4-2-5-9-15)25-17-10-6-3-7-11-17/h2-14,25H,1H3,(H,24,27)(H,26,28)/b21-20-. The van der Waals surface area contributed by atoms with Crippen LogP contribution in [0.5, 0.6) is 0 Å². The summed E-state index contributed by atoms with van der Waals surface area (Å²) < 4.78 is 0. The highest BCUT2D eigenvalue weighted by molar-refractivity contribution is 6.37. The summed E-state index contributed by atoms with van der Waals surface area (Å²) in [5, 5.41) is 8.91. The lowest BCUT2D eigenvalue weighted by Gasteiger charge is -2.15. The predicted molar refractivity (Wildman–Crippen MR) is 112 cm³/mol. The van der Waals surface area contributed by atoms with Crippen molar-refractivity contribution < 1.29 is 9.59 Å². The molecule has 2 amide bonds. The maximum Gasteiger partial charge on any atom is 0.258 e. The van der Waals surface area contributed by atoms with Crippen molar-refractivity contribution >= 4 is 34.5 Å². The van der Waals surface area contributed by atoms with Crippen LogP contribution >= 0.6 is 0 Å². The number of fused-ring (bicyclic) bond motifs is 1. The Balaban J connectivity index is 1.91. The first-order valence-electron chi connectivity index (χ1n) is 8.97. The van der Waals surface area contributed by atoms with Crippen molar-refractivity contribution in [3.63, 3.8) is 0 Å². The van der Waals surface area contributed by atoms with E-state index in [0.29, 0.717) is 28.1 Å². The number of benzene rings is 3. The van der Waals surface area contributed by atoms with E-state index in [0.717, 1.165) is 11.3 Å². The van der Waals surface area contributed by atoms with Crippen LogP contribution in [0.3, 0.4) is 0 Å². The van der Waals surface area contributed by atoms with Gasteiger partial charge in [0.15, 0.2) is 0 Å². The molecule has 3 N–H and O–H groups in total. The number of carbonyl (C=O) groups is 2. The quantitative estimate of drug-likeness (QED) is 0.609. The normalized spacial score (nSPS) is 14.1. The molecule has 0 atom stereocenters. The summed E-state index contributed by atoms with van der Waals surface area (Å²) in [6, 6.07) is 24.6. The Labute approximate surface area is 163 Å².